The molecule has 1 aromatic rings. The van der Waals surface area contributed by atoms with E-state index in [1.165, 1.54) is 0 Å². The maximum atomic E-state index is 9.10. The Morgan fingerprint density at radius 1 is 1.57 bits per heavy atom. The lowest BCUT2D eigenvalue weighted by Gasteiger charge is -2.29. The SMILES string of the molecule is CN(C)C(C)(C#N)Cc1cccnc1. The van der Waals surface area contributed by atoms with Crippen molar-refractivity contribution in [3.05, 3.63) is 30.1 Å². The summed E-state index contributed by atoms with van der Waals surface area (Å²) in [4.78, 5) is 5.97. The fraction of sp³-hybridized carbons (Fsp3) is 0.455. The van der Waals surface area contributed by atoms with Crippen LogP contribution in [0.3, 0.4) is 0 Å². The second-order valence-corrected chi connectivity index (χ2v) is 3.82. The van der Waals surface area contributed by atoms with Gasteiger partial charge < -0.3 is 0 Å². The Morgan fingerprint density at radius 3 is 2.71 bits per heavy atom. The molecule has 0 aromatic carbocycles. The van der Waals surface area contributed by atoms with Crippen molar-refractivity contribution in [2.75, 3.05) is 14.1 Å². The van der Waals surface area contributed by atoms with Gasteiger partial charge in [-0.1, -0.05) is 6.07 Å². The Morgan fingerprint density at radius 2 is 2.29 bits per heavy atom. The minimum atomic E-state index is -0.455. The van der Waals surface area contributed by atoms with Crippen LogP contribution in [0, 0.1) is 11.3 Å². The van der Waals surface area contributed by atoms with Crippen LogP contribution in [0.15, 0.2) is 24.5 Å². The topological polar surface area (TPSA) is 39.9 Å². The summed E-state index contributed by atoms with van der Waals surface area (Å²) < 4.78 is 0. The van der Waals surface area contributed by atoms with E-state index in [9.17, 15) is 0 Å². The van der Waals surface area contributed by atoms with Gasteiger partial charge in [0.2, 0.25) is 0 Å². The number of pyridine rings is 1. The Labute approximate surface area is 85.0 Å². The summed E-state index contributed by atoms with van der Waals surface area (Å²) in [5.74, 6) is 0. The second kappa shape index (κ2) is 4.21. The summed E-state index contributed by atoms with van der Waals surface area (Å²) in [6.45, 7) is 1.93. The smallest absolute Gasteiger partial charge is 0.110 e. The van der Waals surface area contributed by atoms with Crippen LogP contribution in [-0.4, -0.2) is 29.5 Å². The van der Waals surface area contributed by atoms with Gasteiger partial charge in [0.25, 0.3) is 0 Å². The molecule has 0 fully saturated rings. The van der Waals surface area contributed by atoms with Gasteiger partial charge in [-0.05, 0) is 32.6 Å². The molecule has 1 unspecified atom stereocenters. The molecule has 74 valence electrons. The highest BCUT2D eigenvalue weighted by Crippen LogP contribution is 2.16. The van der Waals surface area contributed by atoms with Crippen LogP contribution >= 0.6 is 0 Å². The molecule has 1 rings (SSSR count). The summed E-state index contributed by atoms with van der Waals surface area (Å²) in [5, 5.41) is 9.10. The second-order valence-electron chi connectivity index (χ2n) is 3.82. The molecule has 0 aliphatic heterocycles. The molecule has 0 bridgehead atoms. The first-order valence-corrected chi connectivity index (χ1v) is 4.56. The standard InChI is InChI=1S/C11H15N3/c1-11(9-12,14(2)3)7-10-5-4-6-13-8-10/h4-6,8H,7H2,1-3H3. The van der Waals surface area contributed by atoms with Crippen molar-refractivity contribution in [2.45, 2.75) is 18.9 Å². The van der Waals surface area contributed by atoms with Gasteiger partial charge >= 0.3 is 0 Å². The zero-order valence-electron chi connectivity index (χ0n) is 8.86. The Hall–Kier alpha value is -1.40. The monoisotopic (exact) mass is 189 g/mol. The highest BCUT2D eigenvalue weighted by molar-refractivity contribution is 5.18. The van der Waals surface area contributed by atoms with Gasteiger partial charge in [0.1, 0.15) is 5.54 Å². The summed E-state index contributed by atoms with van der Waals surface area (Å²) in [6, 6.07) is 6.21. The number of nitriles is 1. The maximum Gasteiger partial charge on any atom is 0.110 e. The van der Waals surface area contributed by atoms with E-state index in [0.717, 1.165) is 5.56 Å². The first-order chi connectivity index (χ1) is 6.58. The van der Waals surface area contributed by atoms with E-state index in [1.54, 1.807) is 12.4 Å². The van der Waals surface area contributed by atoms with Crippen molar-refractivity contribution in [1.29, 1.82) is 5.26 Å². The van der Waals surface area contributed by atoms with Gasteiger partial charge in [0.05, 0.1) is 6.07 Å². The number of likely N-dealkylation sites (N-methyl/N-ethyl adjacent to an activating group) is 1. The van der Waals surface area contributed by atoms with Crippen molar-refractivity contribution >= 4 is 0 Å². The molecule has 0 radical (unpaired) electrons. The van der Waals surface area contributed by atoms with Gasteiger partial charge in [-0.25, -0.2) is 0 Å². The third-order valence-electron chi connectivity index (χ3n) is 2.50. The van der Waals surface area contributed by atoms with Crippen molar-refractivity contribution in [3.8, 4) is 6.07 Å². The zero-order valence-corrected chi connectivity index (χ0v) is 8.86. The van der Waals surface area contributed by atoms with Gasteiger partial charge in [0.15, 0.2) is 0 Å². The molecular weight excluding hydrogens is 174 g/mol. The van der Waals surface area contributed by atoms with E-state index < -0.39 is 5.54 Å². The van der Waals surface area contributed by atoms with E-state index in [2.05, 4.69) is 11.1 Å². The molecule has 1 heterocycles. The minimum absolute atomic E-state index is 0.455. The summed E-state index contributed by atoms with van der Waals surface area (Å²) in [5.41, 5.74) is 0.633. The van der Waals surface area contributed by atoms with Gasteiger partial charge in [-0.3, -0.25) is 9.88 Å². The highest BCUT2D eigenvalue weighted by atomic mass is 15.1. The Bertz CT molecular complexity index is 326. The fourth-order valence-electron chi connectivity index (χ4n) is 1.20. The first kappa shape index (κ1) is 10.7. The lowest BCUT2D eigenvalue weighted by molar-refractivity contribution is 0.236. The molecule has 0 aliphatic carbocycles. The number of nitrogens with zero attached hydrogens (tertiary/aromatic N) is 3. The number of aromatic nitrogens is 1. The third-order valence-corrected chi connectivity index (χ3v) is 2.50. The average Bonchev–Trinajstić information content (AvgIpc) is 2.19. The molecule has 0 aliphatic rings. The Kier molecular flexibility index (Phi) is 3.21. The Balaban J connectivity index is 2.83. The van der Waals surface area contributed by atoms with Gasteiger partial charge in [-0.15, -0.1) is 0 Å². The van der Waals surface area contributed by atoms with E-state index in [-0.39, 0.29) is 0 Å². The lowest BCUT2D eigenvalue weighted by Crippen LogP contribution is -2.41. The lowest BCUT2D eigenvalue weighted by atomic mass is 9.94. The van der Waals surface area contributed by atoms with Crippen LogP contribution in [0.5, 0.6) is 0 Å². The molecule has 0 saturated heterocycles. The largest absolute Gasteiger partial charge is 0.292 e. The zero-order chi connectivity index (χ0) is 10.6. The minimum Gasteiger partial charge on any atom is -0.292 e. The van der Waals surface area contributed by atoms with Crippen LogP contribution in [0.25, 0.3) is 0 Å². The summed E-state index contributed by atoms with van der Waals surface area (Å²) in [7, 11) is 3.83. The number of hydrogen-bond acceptors (Lipinski definition) is 3. The average molecular weight is 189 g/mol. The molecule has 0 amide bonds. The van der Waals surface area contributed by atoms with Crippen LogP contribution < -0.4 is 0 Å². The van der Waals surface area contributed by atoms with E-state index >= 15 is 0 Å². The highest BCUT2D eigenvalue weighted by Gasteiger charge is 2.26. The van der Waals surface area contributed by atoms with E-state index in [0.29, 0.717) is 6.42 Å². The fourth-order valence-corrected chi connectivity index (χ4v) is 1.20. The predicted molar refractivity (Wildman–Crippen MR) is 55.6 cm³/mol. The van der Waals surface area contributed by atoms with Crippen LogP contribution in [0.4, 0.5) is 0 Å². The summed E-state index contributed by atoms with van der Waals surface area (Å²) >= 11 is 0. The molecule has 0 spiro atoms. The molecule has 1 atom stereocenters. The first-order valence-electron chi connectivity index (χ1n) is 4.56. The predicted octanol–water partition coefficient (Wildman–Crippen LogP) is 1.47. The van der Waals surface area contributed by atoms with Gasteiger partial charge in [0, 0.05) is 18.8 Å². The van der Waals surface area contributed by atoms with Crippen LogP contribution in [0.2, 0.25) is 0 Å². The molecule has 0 saturated carbocycles. The van der Waals surface area contributed by atoms with E-state index in [4.69, 9.17) is 5.26 Å². The molecule has 1 aromatic heterocycles. The van der Waals surface area contributed by atoms with Crippen molar-refractivity contribution in [2.24, 2.45) is 0 Å². The van der Waals surface area contributed by atoms with Gasteiger partial charge in [-0.2, -0.15) is 5.26 Å². The van der Waals surface area contributed by atoms with Crippen molar-refractivity contribution in [3.63, 3.8) is 0 Å². The molecule has 0 N–H and O–H groups in total. The van der Waals surface area contributed by atoms with Crippen molar-refractivity contribution < 1.29 is 0 Å². The number of hydrogen-bond donors (Lipinski definition) is 0. The van der Waals surface area contributed by atoms with Crippen molar-refractivity contribution in [1.82, 2.24) is 9.88 Å². The maximum absolute atomic E-state index is 9.10. The van der Waals surface area contributed by atoms with Crippen LogP contribution in [-0.2, 0) is 6.42 Å². The molecule has 14 heavy (non-hydrogen) atoms. The molecular formula is C11H15N3. The quantitative estimate of drug-likeness (QED) is 0.722. The normalized spacial score (nSPS) is 14.8. The summed E-state index contributed by atoms with van der Waals surface area (Å²) in [6.07, 6.45) is 4.24. The van der Waals surface area contributed by atoms with E-state index in [1.807, 2.05) is 38.1 Å². The third kappa shape index (κ3) is 2.30. The van der Waals surface area contributed by atoms with Crippen LogP contribution in [0.1, 0.15) is 12.5 Å². The molecule has 3 heteroatoms. The number of rotatable bonds is 3. The molecule has 3 nitrogen and oxygen atoms in total.